The molecule has 3 rings (SSSR count). The number of ether oxygens (including phenoxy) is 3. The van der Waals surface area contributed by atoms with Crippen molar-refractivity contribution in [2.75, 3.05) is 6.61 Å². The van der Waals surface area contributed by atoms with E-state index in [0.29, 0.717) is 11.3 Å². The number of hydrogen-bond donors (Lipinski definition) is 0. The maximum absolute atomic E-state index is 12.6. The molecule has 1 fully saturated rings. The molecular weight excluding hydrogens is 300 g/mol. The summed E-state index contributed by atoms with van der Waals surface area (Å²) in [6, 6.07) is 6.97. The quantitative estimate of drug-likeness (QED) is 0.481. The van der Waals surface area contributed by atoms with Crippen LogP contribution in [-0.4, -0.2) is 30.1 Å². The van der Waals surface area contributed by atoms with Crippen LogP contribution in [0.25, 0.3) is 0 Å². The normalized spacial score (nSPS) is 31.1. The predicted octanol–water partition coefficient (Wildman–Crippen LogP) is 1.96. The zero-order chi connectivity index (χ0) is 16.8. The van der Waals surface area contributed by atoms with Gasteiger partial charge in [-0.25, -0.2) is 0 Å². The van der Waals surface area contributed by atoms with Crippen LogP contribution in [0.3, 0.4) is 0 Å². The van der Waals surface area contributed by atoms with Crippen molar-refractivity contribution < 1.29 is 28.6 Å². The molecule has 1 aromatic carbocycles. The second kappa shape index (κ2) is 5.08. The SMILES string of the molecule is CCOC(=O)[C@]12C[C@](C)(OC(C)=O)[C@@H]1c1ccccc1OC2=O. The largest absolute Gasteiger partial charge is 0.465 e. The summed E-state index contributed by atoms with van der Waals surface area (Å²) in [5.74, 6) is -1.96. The minimum absolute atomic E-state index is 0.0518. The standard InChI is InChI=1S/C17H18O6/c1-4-21-14(19)17-9-16(3,23-10(2)18)13(17)11-7-5-6-8-12(11)22-15(17)20/h5-8,13H,4,9H2,1-3H3/t13-,16-,17-/m0/s1. The van der Waals surface area contributed by atoms with Crippen molar-refractivity contribution in [1.29, 1.82) is 0 Å². The van der Waals surface area contributed by atoms with Crippen LogP contribution in [0.4, 0.5) is 0 Å². The van der Waals surface area contributed by atoms with E-state index in [0.717, 1.165) is 0 Å². The van der Waals surface area contributed by atoms with Crippen molar-refractivity contribution in [3.63, 3.8) is 0 Å². The number of benzene rings is 1. The molecule has 1 saturated carbocycles. The van der Waals surface area contributed by atoms with Crippen LogP contribution in [0.5, 0.6) is 5.75 Å². The molecule has 1 aromatic rings. The minimum Gasteiger partial charge on any atom is -0.465 e. The summed E-state index contributed by atoms with van der Waals surface area (Å²) in [7, 11) is 0. The Morgan fingerprint density at radius 2 is 2.04 bits per heavy atom. The minimum atomic E-state index is -1.45. The molecule has 1 aliphatic carbocycles. The van der Waals surface area contributed by atoms with Crippen LogP contribution in [0.2, 0.25) is 0 Å². The molecule has 0 aromatic heterocycles. The summed E-state index contributed by atoms with van der Waals surface area (Å²) in [4.78, 5) is 36.5. The molecular formula is C17H18O6. The molecule has 0 saturated heterocycles. The van der Waals surface area contributed by atoms with Gasteiger partial charge in [0.1, 0.15) is 11.4 Å². The molecule has 0 bridgehead atoms. The van der Waals surface area contributed by atoms with Gasteiger partial charge in [0.25, 0.3) is 0 Å². The lowest BCUT2D eigenvalue weighted by Gasteiger charge is -2.58. The molecule has 0 unspecified atom stereocenters. The third-order valence-electron chi connectivity index (χ3n) is 4.55. The number of rotatable bonds is 3. The monoisotopic (exact) mass is 318 g/mol. The molecule has 122 valence electrons. The summed E-state index contributed by atoms with van der Waals surface area (Å²) in [6.07, 6.45) is 0.0518. The van der Waals surface area contributed by atoms with E-state index in [1.165, 1.54) is 6.92 Å². The van der Waals surface area contributed by atoms with Crippen LogP contribution in [0.1, 0.15) is 38.7 Å². The van der Waals surface area contributed by atoms with E-state index in [9.17, 15) is 14.4 Å². The molecule has 0 radical (unpaired) electrons. The van der Waals surface area contributed by atoms with Gasteiger partial charge in [-0.3, -0.25) is 14.4 Å². The lowest BCUT2D eigenvalue weighted by Crippen LogP contribution is -2.69. The van der Waals surface area contributed by atoms with E-state index in [1.807, 2.05) is 0 Å². The number of para-hydroxylation sites is 1. The van der Waals surface area contributed by atoms with Crippen molar-refractivity contribution in [2.45, 2.75) is 38.7 Å². The van der Waals surface area contributed by atoms with Crippen LogP contribution in [-0.2, 0) is 23.9 Å². The van der Waals surface area contributed by atoms with Gasteiger partial charge in [-0.2, -0.15) is 0 Å². The average Bonchev–Trinajstić information content (AvgIpc) is 2.45. The molecule has 0 N–H and O–H groups in total. The highest BCUT2D eigenvalue weighted by Crippen LogP contribution is 2.65. The number of esters is 3. The fourth-order valence-electron chi connectivity index (χ4n) is 3.89. The van der Waals surface area contributed by atoms with E-state index in [2.05, 4.69) is 0 Å². The Morgan fingerprint density at radius 1 is 1.35 bits per heavy atom. The van der Waals surface area contributed by atoms with E-state index in [4.69, 9.17) is 14.2 Å². The molecule has 1 aliphatic heterocycles. The molecule has 2 aliphatic rings. The number of carbonyl (C=O) groups is 3. The highest BCUT2D eigenvalue weighted by molar-refractivity contribution is 6.05. The van der Waals surface area contributed by atoms with Gasteiger partial charge in [-0.15, -0.1) is 0 Å². The lowest BCUT2D eigenvalue weighted by atomic mass is 9.48. The maximum atomic E-state index is 12.6. The Kier molecular flexibility index (Phi) is 3.43. The molecule has 0 amide bonds. The van der Waals surface area contributed by atoms with Crippen LogP contribution in [0.15, 0.2) is 24.3 Å². The first-order chi connectivity index (χ1) is 10.8. The average molecular weight is 318 g/mol. The molecule has 1 heterocycles. The predicted molar refractivity (Wildman–Crippen MR) is 78.7 cm³/mol. The summed E-state index contributed by atoms with van der Waals surface area (Å²) >= 11 is 0. The van der Waals surface area contributed by atoms with Gasteiger partial charge < -0.3 is 14.2 Å². The summed E-state index contributed by atoms with van der Waals surface area (Å²) < 4.78 is 15.9. The Labute approximate surface area is 133 Å². The summed E-state index contributed by atoms with van der Waals surface area (Å²) in [5, 5.41) is 0. The Bertz CT molecular complexity index is 696. The van der Waals surface area contributed by atoms with E-state index in [1.54, 1.807) is 38.1 Å². The molecule has 23 heavy (non-hydrogen) atoms. The Morgan fingerprint density at radius 3 is 2.70 bits per heavy atom. The smallest absolute Gasteiger partial charge is 0.329 e. The Hall–Kier alpha value is -2.37. The third-order valence-corrected chi connectivity index (χ3v) is 4.55. The van der Waals surface area contributed by atoms with E-state index >= 15 is 0 Å². The zero-order valence-corrected chi connectivity index (χ0v) is 13.3. The number of fused-ring (bicyclic) bond motifs is 3. The number of hydrogen-bond acceptors (Lipinski definition) is 6. The van der Waals surface area contributed by atoms with Crippen molar-refractivity contribution in [3.8, 4) is 5.75 Å². The van der Waals surface area contributed by atoms with E-state index < -0.39 is 34.8 Å². The fourth-order valence-corrected chi connectivity index (χ4v) is 3.89. The van der Waals surface area contributed by atoms with Crippen LogP contribution >= 0.6 is 0 Å². The van der Waals surface area contributed by atoms with E-state index in [-0.39, 0.29) is 13.0 Å². The number of carbonyl (C=O) groups excluding carboxylic acids is 3. The van der Waals surface area contributed by atoms with Gasteiger partial charge in [0.15, 0.2) is 5.41 Å². The van der Waals surface area contributed by atoms with Gasteiger partial charge in [0.05, 0.1) is 12.5 Å². The van der Waals surface area contributed by atoms with Crippen molar-refractivity contribution in [3.05, 3.63) is 29.8 Å². The van der Waals surface area contributed by atoms with Crippen molar-refractivity contribution in [1.82, 2.24) is 0 Å². The molecule has 6 heteroatoms. The second-order valence-electron chi connectivity index (χ2n) is 6.14. The molecule has 0 spiro atoms. The third kappa shape index (κ3) is 2.04. The topological polar surface area (TPSA) is 78.9 Å². The van der Waals surface area contributed by atoms with Crippen LogP contribution < -0.4 is 4.74 Å². The molecule has 3 atom stereocenters. The first-order valence-corrected chi connectivity index (χ1v) is 7.53. The van der Waals surface area contributed by atoms with Crippen molar-refractivity contribution in [2.24, 2.45) is 5.41 Å². The maximum Gasteiger partial charge on any atom is 0.329 e. The van der Waals surface area contributed by atoms with Gasteiger partial charge >= 0.3 is 17.9 Å². The first-order valence-electron chi connectivity index (χ1n) is 7.53. The van der Waals surface area contributed by atoms with Gasteiger partial charge in [0, 0.05) is 18.9 Å². The van der Waals surface area contributed by atoms with Crippen molar-refractivity contribution >= 4 is 17.9 Å². The van der Waals surface area contributed by atoms with Gasteiger partial charge in [-0.1, -0.05) is 18.2 Å². The highest BCUT2D eigenvalue weighted by atomic mass is 16.6. The zero-order valence-electron chi connectivity index (χ0n) is 13.3. The fraction of sp³-hybridized carbons (Fsp3) is 0.471. The second-order valence-corrected chi connectivity index (χ2v) is 6.14. The summed E-state index contributed by atoms with van der Waals surface area (Å²) in [6.45, 7) is 4.87. The molecule has 6 nitrogen and oxygen atoms in total. The first kappa shape index (κ1) is 15.5. The van der Waals surface area contributed by atoms with Gasteiger partial charge in [-0.05, 0) is 19.9 Å². The van der Waals surface area contributed by atoms with Gasteiger partial charge in [0.2, 0.25) is 0 Å². The highest BCUT2D eigenvalue weighted by Gasteiger charge is 2.75. The van der Waals surface area contributed by atoms with Crippen LogP contribution in [0, 0.1) is 5.41 Å². The Balaban J connectivity index is 2.12. The summed E-state index contributed by atoms with van der Waals surface area (Å²) in [5.41, 5.74) is -1.72. The lowest BCUT2D eigenvalue weighted by molar-refractivity contribution is -0.219.